The van der Waals surface area contributed by atoms with E-state index in [1.807, 2.05) is 20.8 Å². The fourth-order valence-electron chi connectivity index (χ4n) is 4.53. The first kappa shape index (κ1) is 16.9. The number of nitrogens with zero attached hydrogens (tertiary/aromatic N) is 3. The summed E-state index contributed by atoms with van der Waals surface area (Å²) in [5.74, 6) is 0.945. The summed E-state index contributed by atoms with van der Waals surface area (Å²) in [7, 11) is 0. The van der Waals surface area contributed by atoms with Crippen LogP contribution in [0.1, 0.15) is 63.2 Å². The Morgan fingerprint density at radius 2 is 1.89 bits per heavy atom. The quantitative estimate of drug-likeness (QED) is 0.651. The number of aryl methyl sites for hydroxylation is 4. The summed E-state index contributed by atoms with van der Waals surface area (Å²) in [5.41, 5.74) is 4.73. The van der Waals surface area contributed by atoms with Gasteiger partial charge in [-0.2, -0.15) is 0 Å². The molecule has 1 saturated carbocycles. The van der Waals surface area contributed by atoms with E-state index in [1.165, 1.54) is 22.5 Å². The number of amides is 1. The highest BCUT2D eigenvalue weighted by atomic mass is 32.1. The van der Waals surface area contributed by atoms with E-state index in [4.69, 9.17) is 0 Å². The number of thiophene rings is 1. The summed E-state index contributed by atoms with van der Waals surface area (Å²) in [6.07, 6.45) is 4.33. The topological polar surface area (TPSA) is 46.1 Å². The van der Waals surface area contributed by atoms with Crippen molar-refractivity contribution in [3.05, 3.63) is 57.4 Å². The molecule has 1 aromatic carbocycles. The molecular weight excluding hydrogens is 354 g/mol. The van der Waals surface area contributed by atoms with Gasteiger partial charge < -0.3 is 4.90 Å². The first-order chi connectivity index (χ1) is 13.0. The van der Waals surface area contributed by atoms with Crippen molar-refractivity contribution >= 4 is 27.5 Å². The Morgan fingerprint density at radius 3 is 2.67 bits per heavy atom. The lowest BCUT2D eigenvalue weighted by molar-refractivity contribution is 0.0662. The second-order valence-corrected chi connectivity index (χ2v) is 8.79. The van der Waals surface area contributed by atoms with Gasteiger partial charge in [0.25, 0.3) is 5.91 Å². The predicted octanol–water partition coefficient (Wildman–Crippen LogP) is 4.91. The lowest BCUT2D eigenvalue weighted by Crippen LogP contribution is -2.35. The van der Waals surface area contributed by atoms with Crippen LogP contribution in [0.4, 0.5) is 0 Å². The van der Waals surface area contributed by atoms with Gasteiger partial charge in [0, 0.05) is 17.1 Å². The molecule has 0 aliphatic heterocycles. The molecule has 0 bridgehead atoms. The molecular formula is C22H23N3OS. The predicted molar refractivity (Wildman–Crippen MR) is 108 cm³/mol. The maximum atomic E-state index is 13.7. The van der Waals surface area contributed by atoms with Crippen molar-refractivity contribution in [3.8, 4) is 0 Å². The highest BCUT2D eigenvalue weighted by molar-refractivity contribution is 7.20. The Bertz CT molecular complexity index is 1070. The SMILES string of the molecule is Cc1nc(C)c2c(C)c(C(=O)N(C3CC3)C3CCc4ccccc43)sc2n1. The lowest BCUT2D eigenvalue weighted by atomic mass is 10.1. The van der Waals surface area contributed by atoms with E-state index in [9.17, 15) is 4.79 Å². The third-order valence-electron chi connectivity index (χ3n) is 5.89. The van der Waals surface area contributed by atoms with Crippen LogP contribution >= 0.6 is 11.3 Å². The van der Waals surface area contributed by atoms with Crippen molar-refractivity contribution in [2.75, 3.05) is 0 Å². The molecule has 1 amide bonds. The number of fused-ring (bicyclic) bond motifs is 2. The second kappa shape index (κ2) is 6.13. The van der Waals surface area contributed by atoms with Gasteiger partial charge in [-0.05, 0) is 63.1 Å². The Labute approximate surface area is 163 Å². The van der Waals surface area contributed by atoms with Crippen LogP contribution in [0.15, 0.2) is 24.3 Å². The first-order valence-corrected chi connectivity index (χ1v) is 10.5. The van der Waals surface area contributed by atoms with Crippen molar-refractivity contribution in [2.45, 2.75) is 58.5 Å². The highest BCUT2D eigenvalue weighted by Crippen LogP contribution is 2.44. The van der Waals surface area contributed by atoms with Gasteiger partial charge in [0.15, 0.2) is 0 Å². The zero-order chi connectivity index (χ0) is 18.7. The van der Waals surface area contributed by atoms with Crippen LogP contribution in [0.3, 0.4) is 0 Å². The average Bonchev–Trinajstić information content (AvgIpc) is 3.29. The van der Waals surface area contributed by atoms with E-state index >= 15 is 0 Å². The maximum Gasteiger partial charge on any atom is 0.265 e. The van der Waals surface area contributed by atoms with Gasteiger partial charge in [-0.1, -0.05) is 24.3 Å². The number of aromatic nitrogens is 2. The third kappa shape index (κ3) is 2.67. The van der Waals surface area contributed by atoms with E-state index in [0.717, 1.165) is 57.9 Å². The van der Waals surface area contributed by atoms with Gasteiger partial charge in [-0.15, -0.1) is 11.3 Å². The molecule has 2 heterocycles. The van der Waals surface area contributed by atoms with Crippen molar-refractivity contribution in [2.24, 2.45) is 0 Å². The van der Waals surface area contributed by atoms with Crippen molar-refractivity contribution < 1.29 is 4.79 Å². The zero-order valence-corrected chi connectivity index (χ0v) is 16.8. The fraction of sp³-hybridized carbons (Fsp3) is 0.409. The molecule has 0 radical (unpaired) electrons. The normalized spacial score (nSPS) is 18.7. The molecule has 0 spiro atoms. The van der Waals surface area contributed by atoms with Crippen LogP contribution < -0.4 is 0 Å². The van der Waals surface area contributed by atoms with Gasteiger partial charge >= 0.3 is 0 Å². The Hall–Kier alpha value is -2.27. The molecule has 1 unspecified atom stereocenters. The average molecular weight is 378 g/mol. The second-order valence-electron chi connectivity index (χ2n) is 7.79. The molecule has 1 atom stereocenters. The molecule has 0 saturated heterocycles. The summed E-state index contributed by atoms with van der Waals surface area (Å²) in [6.45, 7) is 5.97. The molecule has 4 nitrogen and oxygen atoms in total. The van der Waals surface area contributed by atoms with Gasteiger partial charge in [0.05, 0.1) is 10.9 Å². The Morgan fingerprint density at radius 1 is 1.11 bits per heavy atom. The van der Waals surface area contributed by atoms with Crippen LogP contribution in [-0.4, -0.2) is 26.8 Å². The van der Waals surface area contributed by atoms with Crippen LogP contribution in [0.5, 0.6) is 0 Å². The van der Waals surface area contributed by atoms with Crippen molar-refractivity contribution in [3.63, 3.8) is 0 Å². The molecule has 3 aromatic rings. The summed E-state index contributed by atoms with van der Waals surface area (Å²) < 4.78 is 0. The Balaban J connectivity index is 1.59. The van der Waals surface area contributed by atoms with E-state index in [-0.39, 0.29) is 11.9 Å². The van der Waals surface area contributed by atoms with E-state index in [1.54, 1.807) is 0 Å². The smallest absolute Gasteiger partial charge is 0.265 e. The summed E-state index contributed by atoms with van der Waals surface area (Å²) in [4.78, 5) is 26.7. The number of hydrogen-bond acceptors (Lipinski definition) is 4. The van der Waals surface area contributed by atoms with E-state index in [0.29, 0.717) is 6.04 Å². The van der Waals surface area contributed by atoms with Crippen LogP contribution in [0.25, 0.3) is 10.2 Å². The molecule has 5 rings (SSSR count). The molecule has 2 aliphatic carbocycles. The maximum absolute atomic E-state index is 13.7. The highest BCUT2D eigenvalue weighted by Gasteiger charge is 2.41. The molecule has 1 fully saturated rings. The van der Waals surface area contributed by atoms with E-state index < -0.39 is 0 Å². The standard InChI is InChI=1S/C22H23N3OS/c1-12-19-13(2)23-14(3)24-21(19)27-20(12)22(26)25(16-9-10-16)18-11-8-15-6-4-5-7-17(15)18/h4-7,16,18H,8-11H2,1-3H3. The third-order valence-corrected chi connectivity index (χ3v) is 7.06. The largest absolute Gasteiger partial charge is 0.328 e. The number of hydrogen-bond donors (Lipinski definition) is 0. The molecule has 0 N–H and O–H groups in total. The van der Waals surface area contributed by atoms with Crippen molar-refractivity contribution in [1.29, 1.82) is 0 Å². The fourth-order valence-corrected chi connectivity index (χ4v) is 5.75. The van der Waals surface area contributed by atoms with Gasteiger partial charge in [-0.25, -0.2) is 9.97 Å². The van der Waals surface area contributed by atoms with Gasteiger partial charge in [0.1, 0.15) is 10.7 Å². The molecule has 2 aliphatic rings. The lowest BCUT2D eigenvalue weighted by Gasteiger charge is -2.30. The van der Waals surface area contributed by atoms with Crippen LogP contribution in [-0.2, 0) is 6.42 Å². The minimum absolute atomic E-state index is 0.178. The number of carbonyl (C=O) groups excluding carboxylic acids is 1. The zero-order valence-electron chi connectivity index (χ0n) is 16.0. The minimum Gasteiger partial charge on any atom is -0.328 e. The monoisotopic (exact) mass is 377 g/mol. The number of benzene rings is 1. The molecule has 138 valence electrons. The molecule has 27 heavy (non-hydrogen) atoms. The summed E-state index contributed by atoms with van der Waals surface area (Å²) >= 11 is 1.53. The minimum atomic E-state index is 0.178. The summed E-state index contributed by atoms with van der Waals surface area (Å²) in [5, 5.41) is 1.05. The molecule has 5 heteroatoms. The number of carbonyl (C=O) groups is 1. The van der Waals surface area contributed by atoms with Crippen LogP contribution in [0, 0.1) is 20.8 Å². The summed E-state index contributed by atoms with van der Waals surface area (Å²) in [6, 6.07) is 9.19. The van der Waals surface area contributed by atoms with Crippen LogP contribution in [0.2, 0.25) is 0 Å². The Kier molecular flexibility index (Phi) is 3.83. The van der Waals surface area contributed by atoms with E-state index in [2.05, 4.69) is 39.1 Å². The molecule has 2 aromatic heterocycles. The van der Waals surface area contributed by atoms with Gasteiger partial charge in [0.2, 0.25) is 0 Å². The first-order valence-electron chi connectivity index (χ1n) is 9.69. The number of rotatable bonds is 3. The van der Waals surface area contributed by atoms with Crippen molar-refractivity contribution in [1.82, 2.24) is 14.9 Å². The van der Waals surface area contributed by atoms with Gasteiger partial charge in [-0.3, -0.25) is 4.79 Å².